The van der Waals surface area contributed by atoms with Crippen LogP contribution in [0.2, 0.25) is 5.02 Å². The van der Waals surface area contributed by atoms with Crippen molar-refractivity contribution in [3.63, 3.8) is 0 Å². The molecule has 0 aliphatic carbocycles. The zero-order valence-electron chi connectivity index (χ0n) is 8.39. The molecular weight excluding hydrogens is 224 g/mol. The Hall–Kier alpha value is -1.99. The molecule has 0 fully saturated rings. The molecule has 1 aromatic heterocycles. The largest absolute Gasteiger partial charge is 0.398 e. The maximum absolute atomic E-state index is 8.82. The van der Waals surface area contributed by atoms with Crippen LogP contribution in [0.4, 0.5) is 5.69 Å². The summed E-state index contributed by atoms with van der Waals surface area (Å²) in [5.41, 5.74) is 7.35. The number of benzene rings is 1. The van der Waals surface area contributed by atoms with Crippen molar-refractivity contribution in [2.75, 3.05) is 5.73 Å². The summed E-state index contributed by atoms with van der Waals surface area (Å²) >= 11 is 5.89. The van der Waals surface area contributed by atoms with Crippen molar-refractivity contribution < 1.29 is 0 Å². The lowest BCUT2D eigenvalue weighted by molar-refractivity contribution is 0.784. The van der Waals surface area contributed by atoms with E-state index >= 15 is 0 Å². The van der Waals surface area contributed by atoms with Gasteiger partial charge in [-0.15, -0.1) is 0 Å². The second kappa shape index (κ2) is 4.25. The highest BCUT2D eigenvalue weighted by molar-refractivity contribution is 6.30. The molecule has 4 nitrogen and oxygen atoms in total. The van der Waals surface area contributed by atoms with Gasteiger partial charge in [-0.25, -0.2) is 4.98 Å². The van der Waals surface area contributed by atoms with Gasteiger partial charge in [0, 0.05) is 23.1 Å². The van der Waals surface area contributed by atoms with Crippen molar-refractivity contribution in [3.8, 4) is 6.07 Å². The number of nitriles is 1. The molecule has 1 aromatic carbocycles. The van der Waals surface area contributed by atoms with Crippen molar-refractivity contribution in [2.45, 2.75) is 6.54 Å². The van der Waals surface area contributed by atoms with Crippen LogP contribution in [0.1, 0.15) is 11.4 Å². The van der Waals surface area contributed by atoms with Crippen LogP contribution in [0.15, 0.2) is 30.6 Å². The third-order valence-electron chi connectivity index (χ3n) is 2.26. The molecule has 0 spiro atoms. The van der Waals surface area contributed by atoms with Crippen molar-refractivity contribution in [3.05, 3.63) is 47.0 Å². The Labute approximate surface area is 97.9 Å². The first-order valence-electron chi connectivity index (χ1n) is 4.66. The van der Waals surface area contributed by atoms with Crippen LogP contribution in [0.25, 0.3) is 0 Å². The normalized spacial score (nSPS) is 10.0. The van der Waals surface area contributed by atoms with Crippen molar-refractivity contribution >= 4 is 17.3 Å². The number of nitrogen functional groups attached to an aromatic ring is 1. The van der Waals surface area contributed by atoms with Gasteiger partial charge >= 0.3 is 0 Å². The lowest BCUT2D eigenvalue weighted by Gasteiger charge is -2.07. The summed E-state index contributed by atoms with van der Waals surface area (Å²) in [5, 5.41) is 9.45. The van der Waals surface area contributed by atoms with E-state index in [2.05, 4.69) is 4.98 Å². The summed E-state index contributed by atoms with van der Waals surface area (Å²) in [7, 11) is 0. The molecule has 0 aliphatic heterocycles. The predicted molar refractivity (Wildman–Crippen MR) is 61.9 cm³/mol. The van der Waals surface area contributed by atoms with E-state index < -0.39 is 0 Å². The number of anilines is 1. The Kier molecular flexibility index (Phi) is 2.80. The van der Waals surface area contributed by atoms with E-state index in [0.717, 1.165) is 5.56 Å². The minimum atomic E-state index is 0.361. The van der Waals surface area contributed by atoms with Crippen LogP contribution in [0.5, 0.6) is 0 Å². The molecule has 0 saturated heterocycles. The standard InChI is InChI=1S/C11H9ClN4/c12-9-1-2-10(14)8(5-9)7-16-4-3-15-11(16)6-13/h1-5H,7,14H2. The second-order valence-electron chi connectivity index (χ2n) is 3.33. The Balaban J connectivity index is 2.34. The molecule has 0 atom stereocenters. The van der Waals surface area contributed by atoms with Gasteiger partial charge in [-0.1, -0.05) is 11.6 Å². The number of halogens is 1. The van der Waals surface area contributed by atoms with E-state index in [1.807, 2.05) is 6.07 Å². The van der Waals surface area contributed by atoms with Crippen LogP contribution in [-0.2, 0) is 6.54 Å². The summed E-state index contributed by atoms with van der Waals surface area (Å²) < 4.78 is 1.72. The molecule has 0 unspecified atom stereocenters. The van der Waals surface area contributed by atoms with E-state index in [4.69, 9.17) is 22.6 Å². The minimum absolute atomic E-state index is 0.361. The molecule has 5 heteroatoms. The zero-order chi connectivity index (χ0) is 11.5. The van der Waals surface area contributed by atoms with Gasteiger partial charge in [0.15, 0.2) is 0 Å². The van der Waals surface area contributed by atoms with E-state index in [1.54, 1.807) is 35.2 Å². The highest BCUT2D eigenvalue weighted by Crippen LogP contribution is 2.19. The fourth-order valence-electron chi connectivity index (χ4n) is 1.44. The van der Waals surface area contributed by atoms with Gasteiger partial charge in [0.25, 0.3) is 0 Å². The molecule has 1 heterocycles. The first-order valence-corrected chi connectivity index (χ1v) is 5.03. The summed E-state index contributed by atoms with van der Waals surface area (Å²) in [6.07, 6.45) is 3.32. The number of aromatic nitrogens is 2. The number of rotatable bonds is 2. The molecule has 0 saturated carbocycles. The van der Waals surface area contributed by atoms with E-state index in [1.165, 1.54) is 0 Å². The smallest absolute Gasteiger partial charge is 0.213 e. The number of hydrogen-bond acceptors (Lipinski definition) is 3. The SMILES string of the molecule is N#Cc1nccn1Cc1cc(Cl)ccc1N. The van der Waals surface area contributed by atoms with Gasteiger partial charge < -0.3 is 10.3 Å². The Bertz CT molecular complexity index is 553. The van der Waals surface area contributed by atoms with Gasteiger partial charge in [0.2, 0.25) is 5.82 Å². The third-order valence-corrected chi connectivity index (χ3v) is 2.50. The molecule has 16 heavy (non-hydrogen) atoms. The molecule has 0 radical (unpaired) electrons. The lowest BCUT2D eigenvalue weighted by atomic mass is 10.2. The highest BCUT2D eigenvalue weighted by atomic mass is 35.5. The minimum Gasteiger partial charge on any atom is -0.398 e. The van der Waals surface area contributed by atoms with Crippen LogP contribution < -0.4 is 5.73 Å². The highest BCUT2D eigenvalue weighted by Gasteiger charge is 2.05. The molecule has 0 bridgehead atoms. The Morgan fingerprint density at radius 3 is 3.06 bits per heavy atom. The number of hydrogen-bond donors (Lipinski definition) is 1. The summed E-state index contributed by atoms with van der Waals surface area (Å²) in [5.74, 6) is 0.361. The third kappa shape index (κ3) is 2.00. The van der Waals surface area contributed by atoms with Crippen molar-refractivity contribution in [2.24, 2.45) is 0 Å². The fraction of sp³-hybridized carbons (Fsp3) is 0.0909. The summed E-state index contributed by atoms with van der Waals surface area (Å²) in [4.78, 5) is 3.91. The monoisotopic (exact) mass is 232 g/mol. The molecular formula is C11H9ClN4. The lowest BCUT2D eigenvalue weighted by Crippen LogP contribution is -2.04. The predicted octanol–water partition coefficient (Wildman–Crippen LogP) is 2.04. The summed E-state index contributed by atoms with van der Waals surface area (Å²) in [6.45, 7) is 0.495. The molecule has 2 rings (SSSR count). The van der Waals surface area contributed by atoms with E-state index in [9.17, 15) is 0 Å². The summed E-state index contributed by atoms with van der Waals surface area (Å²) in [6, 6.07) is 7.28. The first-order chi connectivity index (χ1) is 7.70. The zero-order valence-corrected chi connectivity index (χ0v) is 9.15. The molecule has 80 valence electrons. The maximum atomic E-state index is 8.82. The van der Waals surface area contributed by atoms with Gasteiger partial charge in [-0.2, -0.15) is 5.26 Å². The molecule has 2 N–H and O–H groups in total. The number of nitrogens with zero attached hydrogens (tertiary/aromatic N) is 3. The van der Waals surface area contributed by atoms with Gasteiger partial charge in [0.05, 0.1) is 6.54 Å². The number of imidazole rings is 1. The van der Waals surface area contributed by atoms with E-state index in [-0.39, 0.29) is 0 Å². The fourth-order valence-corrected chi connectivity index (χ4v) is 1.64. The van der Waals surface area contributed by atoms with Gasteiger partial charge in [0.1, 0.15) is 6.07 Å². The Morgan fingerprint density at radius 2 is 2.31 bits per heavy atom. The van der Waals surface area contributed by atoms with E-state index in [0.29, 0.717) is 23.1 Å². The van der Waals surface area contributed by atoms with Crippen LogP contribution >= 0.6 is 11.6 Å². The van der Waals surface area contributed by atoms with Gasteiger partial charge in [-0.05, 0) is 23.8 Å². The maximum Gasteiger partial charge on any atom is 0.213 e. The first kappa shape index (κ1) is 10.5. The molecule has 0 aliphatic rings. The average molecular weight is 233 g/mol. The van der Waals surface area contributed by atoms with Crippen LogP contribution in [0.3, 0.4) is 0 Å². The topological polar surface area (TPSA) is 67.6 Å². The van der Waals surface area contributed by atoms with Crippen molar-refractivity contribution in [1.29, 1.82) is 5.26 Å². The van der Waals surface area contributed by atoms with Crippen LogP contribution in [0, 0.1) is 11.3 Å². The quantitative estimate of drug-likeness (QED) is 0.806. The molecule has 0 amide bonds. The second-order valence-corrected chi connectivity index (χ2v) is 3.77. The van der Waals surface area contributed by atoms with Crippen molar-refractivity contribution in [1.82, 2.24) is 9.55 Å². The number of nitrogens with two attached hydrogens (primary N) is 1. The average Bonchev–Trinajstić information content (AvgIpc) is 2.71. The van der Waals surface area contributed by atoms with Gasteiger partial charge in [-0.3, -0.25) is 0 Å². The molecule has 2 aromatic rings. The Morgan fingerprint density at radius 1 is 1.50 bits per heavy atom. The van der Waals surface area contributed by atoms with Crippen LogP contribution in [-0.4, -0.2) is 9.55 Å².